The Balaban J connectivity index is 2.18. The molecule has 7 N–H and O–H groups in total. The second-order valence-electron chi connectivity index (χ2n) is 4.79. The van der Waals surface area contributed by atoms with Gasteiger partial charge in [-0.3, -0.25) is 4.79 Å². The van der Waals surface area contributed by atoms with Crippen LogP contribution in [0, 0.1) is 0 Å². The van der Waals surface area contributed by atoms with Crippen molar-refractivity contribution in [3.8, 4) is 11.5 Å². The van der Waals surface area contributed by atoms with Gasteiger partial charge in [-0.25, -0.2) is 0 Å². The molecule has 21 heavy (non-hydrogen) atoms. The van der Waals surface area contributed by atoms with E-state index in [1.54, 1.807) is 25.1 Å². The van der Waals surface area contributed by atoms with Gasteiger partial charge in [0.25, 0.3) is 5.91 Å². The number of anilines is 2. The van der Waals surface area contributed by atoms with Crippen LogP contribution >= 0.6 is 0 Å². The van der Waals surface area contributed by atoms with E-state index in [1.807, 2.05) is 0 Å². The topological polar surface area (TPSA) is 122 Å². The Morgan fingerprint density at radius 1 is 1.10 bits per heavy atom. The molecule has 1 amide bonds. The fourth-order valence-electron chi connectivity index (χ4n) is 1.94. The number of nitrogens with two attached hydrogens (primary N) is 2. The van der Waals surface area contributed by atoms with Crippen molar-refractivity contribution in [3.05, 3.63) is 47.5 Å². The first-order valence-corrected chi connectivity index (χ1v) is 6.36. The number of hydrogen-bond acceptors (Lipinski definition) is 5. The number of nitrogen functional groups attached to an aromatic ring is 2. The molecule has 2 aromatic rings. The number of nitrogens with one attached hydrogen (secondary N) is 1. The van der Waals surface area contributed by atoms with Crippen molar-refractivity contribution in [2.24, 2.45) is 0 Å². The van der Waals surface area contributed by atoms with Crippen molar-refractivity contribution in [2.45, 2.75) is 13.0 Å². The van der Waals surface area contributed by atoms with E-state index >= 15 is 0 Å². The monoisotopic (exact) mass is 287 g/mol. The Bertz CT molecular complexity index is 686. The molecule has 0 aliphatic carbocycles. The van der Waals surface area contributed by atoms with Crippen molar-refractivity contribution >= 4 is 17.3 Å². The number of aromatic hydroxyl groups is 2. The second kappa shape index (κ2) is 5.62. The molecule has 6 nitrogen and oxygen atoms in total. The normalized spacial score (nSPS) is 11.9. The van der Waals surface area contributed by atoms with Crippen LogP contribution in [-0.2, 0) is 0 Å². The highest BCUT2D eigenvalue weighted by molar-refractivity contribution is 6.00. The summed E-state index contributed by atoms with van der Waals surface area (Å²) in [6, 6.07) is 8.69. The maximum absolute atomic E-state index is 12.2. The molecule has 1 unspecified atom stereocenters. The molecule has 0 saturated carbocycles. The van der Waals surface area contributed by atoms with Crippen LogP contribution in [0.5, 0.6) is 11.5 Å². The molecular weight excluding hydrogens is 270 g/mol. The second-order valence-corrected chi connectivity index (χ2v) is 4.79. The minimum absolute atomic E-state index is 0.211. The standard InChI is InChI=1S/C15H17N3O3/c1-8(9-2-5-13(19)14(20)6-9)18-15(21)11-7-10(16)3-4-12(11)17/h2-8,19-20H,16-17H2,1H3,(H,18,21). The molecule has 110 valence electrons. The number of amides is 1. The summed E-state index contributed by atoms with van der Waals surface area (Å²) in [6.07, 6.45) is 0. The van der Waals surface area contributed by atoms with Crippen molar-refractivity contribution in [1.82, 2.24) is 5.32 Å². The number of rotatable bonds is 3. The molecule has 0 heterocycles. The van der Waals surface area contributed by atoms with Crippen LogP contribution in [-0.4, -0.2) is 16.1 Å². The number of benzene rings is 2. The quantitative estimate of drug-likeness (QED) is 0.435. The molecule has 0 saturated heterocycles. The Hall–Kier alpha value is -2.89. The van der Waals surface area contributed by atoms with E-state index in [0.29, 0.717) is 22.5 Å². The molecule has 0 aliphatic rings. The summed E-state index contributed by atoms with van der Waals surface area (Å²) in [5.41, 5.74) is 13.1. The fraction of sp³-hybridized carbons (Fsp3) is 0.133. The van der Waals surface area contributed by atoms with Crippen LogP contribution in [0.3, 0.4) is 0 Å². The number of hydrogen-bond donors (Lipinski definition) is 5. The van der Waals surface area contributed by atoms with Crippen molar-refractivity contribution in [1.29, 1.82) is 0 Å². The molecule has 0 bridgehead atoms. The van der Waals surface area contributed by atoms with E-state index in [9.17, 15) is 15.0 Å². The van der Waals surface area contributed by atoms with Crippen LogP contribution in [0.4, 0.5) is 11.4 Å². The lowest BCUT2D eigenvalue weighted by molar-refractivity contribution is 0.0940. The smallest absolute Gasteiger partial charge is 0.253 e. The fourth-order valence-corrected chi connectivity index (χ4v) is 1.94. The molecular formula is C15H17N3O3. The Labute approximate surface area is 122 Å². The van der Waals surface area contributed by atoms with Crippen LogP contribution in [0.25, 0.3) is 0 Å². The van der Waals surface area contributed by atoms with Gasteiger partial charge in [0.15, 0.2) is 11.5 Å². The van der Waals surface area contributed by atoms with Crippen LogP contribution in [0.1, 0.15) is 28.9 Å². The molecule has 0 fully saturated rings. The molecule has 6 heteroatoms. The van der Waals surface area contributed by atoms with Crippen molar-refractivity contribution < 1.29 is 15.0 Å². The van der Waals surface area contributed by atoms with E-state index < -0.39 is 0 Å². The number of carbonyl (C=O) groups is 1. The largest absolute Gasteiger partial charge is 0.504 e. The molecule has 0 aromatic heterocycles. The maximum atomic E-state index is 12.2. The van der Waals surface area contributed by atoms with E-state index in [0.717, 1.165) is 0 Å². The van der Waals surface area contributed by atoms with Gasteiger partial charge in [0.2, 0.25) is 0 Å². The van der Waals surface area contributed by atoms with Gasteiger partial charge in [-0.05, 0) is 42.8 Å². The summed E-state index contributed by atoms with van der Waals surface area (Å²) in [6.45, 7) is 1.76. The average Bonchev–Trinajstić information content (AvgIpc) is 2.44. The lowest BCUT2D eigenvalue weighted by Gasteiger charge is -2.16. The van der Waals surface area contributed by atoms with Gasteiger partial charge in [-0.1, -0.05) is 6.07 Å². The van der Waals surface area contributed by atoms with Gasteiger partial charge in [0, 0.05) is 11.4 Å². The third-order valence-electron chi connectivity index (χ3n) is 3.17. The first kappa shape index (κ1) is 14.5. The van der Waals surface area contributed by atoms with Gasteiger partial charge >= 0.3 is 0 Å². The maximum Gasteiger partial charge on any atom is 0.253 e. The van der Waals surface area contributed by atoms with Crippen LogP contribution in [0.15, 0.2) is 36.4 Å². The van der Waals surface area contributed by atoms with E-state index in [2.05, 4.69) is 5.32 Å². The zero-order valence-electron chi connectivity index (χ0n) is 11.5. The first-order valence-electron chi connectivity index (χ1n) is 6.36. The lowest BCUT2D eigenvalue weighted by Crippen LogP contribution is -2.27. The van der Waals surface area contributed by atoms with Gasteiger partial charge in [0.1, 0.15) is 0 Å². The van der Waals surface area contributed by atoms with Crippen LogP contribution in [0.2, 0.25) is 0 Å². The SMILES string of the molecule is CC(NC(=O)c1cc(N)ccc1N)c1ccc(O)c(O)c1. The molecule has 2 aromatic carbocycles. The average molecular weight is 287 g/mol. The van der Waals surface area contributed by atoms with Crippen molar-refractivity contribution in [2.75, 3.05) is 11.5 Å². The van der Waals surface area contributed by atoms with Crippen LogP contribution < -0.4 is 16.8 Å². The summed E-state index contributed by atoms with van der Waals surface area (Å²) in [5.74, 6) is -0.811. The number of phenols is 2. The predicted molar refractivity (Wildman–Crippen MR) is 80.9 cm³/mol. The predicted octanol–water partition coefficient (Wildman–Crippen LogP) is 1.75. The molecule has 0 spiro atoms. The first-order chi connectivity index (χ1) is 9.88. The van der Waals surface area contributed by atoms with E-state index in [-0.39, 0.29) is 23.4 Å². The lowest BCUT2D eigenvalue weighted by atomic mass is 10.1. The molecule has 0 aliphatic heterocycles. The molecule has 1 atom stereocenters. The number of phenolic OH excluding ortho intramolecular Hbond substituents is 2. The highest BCUT2D eigenvalue weighted by Crippen LogP contribution is 2.28. The zero-order valence-corrected chi connectivity index (χ0v) is 11.5. The van der Waals surface area contributed by atoms with Gasteiger partial charge in [-0.15, -0.1) is 0 Å². The van der Waals surface area contributed by atoms with E-state index in [1.165, 1.54) is 18.2 Å². The highest BCUT2D eigenvalue weighted by Gasteiger charge is 2.15. The Kier molecular flexibility index (Phi) is 3.89. The summed E-state index contributed by atoms with van der Waals surface area (Å²) in [5, 5.41) is 21.5. The Morgan fingerprint density at radius 3 is 2.48 bits per heavy atom. The summed E-state index contributed by atoms with van der Waals surface area (Å²) < 4.78 is 0. The van der Waals surface area contributed by atoms with Gasteiger partial charge in [-0.2, -0.15) is 0 Å². The minimum Gasteiger partial charge on any atom is -0.504 e. The Morgan fingerprint density at radius 2 is 1.81 bits per heavy atom. The van der Waals surface area contributed by atoms with Crippen molar-refractivity contribution in [3.63, 3.8) is 0 Å². The van der Waals surface area contributed by atoms with Gasteiger partial charge in [0.05, 0.1) is 11.6 Å². The van der Waals surface area contributed by atoms with E-state index in [4.69, 9.17) is 11.5 Å². The summed E-state index contributed by atoms with van der Waals surface area (Å²) in [4.78, 5) is 12.2. The van der Waals surface area contributed by atoms with Gasteiger partial charge < -0.3 is 27.0 Å². The summed E-state index contributed by atoms with van der Waals surface area (Å²) >= 11 is 0. The third kappa shape index (κ3) is 3.17. The minimum atomic E-state index is -0.371. The number of carbonyl (C=O) groups excluding carboxylic acids is 1. The zero-order chi connectivity index (χ0) is 15.6. The highest BCUT2D eigenvalue weighted by atomic mass is 16.3. The molecule has 2 rings (SSSR count). The third-order valence-corrected chi connectivity index (χ3v) is 3.17. The summed E-state index contributed by atoms with van der Waals surface area (Å²) in [7, 11) is 0. The molecule has 0 radical (unpaired) electrons.